The van der Waals surface area contributed by atoms with E-state index in [9.17, 15) is 13.6 Å². The fraction of sp³-hybridized carbons (Fsp3) is 0.111. The molecular formula is C27H20F3N7O2. The molecule has 196 valence electrons. The van der Waals surface area contributed by atoms with Gasteiger partial charge in [0, 0.05) is 11.3 Å². The highest BCUT2D eigenvalue weighted by atomic mass is 19.2. The van der Waals surface area contributed by atoms with E-state index < -0.39 is 29.5 Å². The first-order valence-corrected chi connectivity index (χ1v) is 11.8. The van der Waals surface area contributed by atoms with E-state index in [0.29, 0.717) is 11.4 Å². The molecule has 0 radical (unpaired) electrons. The smallest absolute Gasteiger partial charge is 0.265 e. The number of halogens is 3. The average Bonchev–Trinajstić information content (AvgIpc) is 3.30. The quantitative estimate of drug-likeness (QED) is 0.341. The number of rotatable bonds is 5. The lowest BCUT2D eigenvalue weighted by molar-refractivity contribution is 0.0968. The molecule has 2 aromatic heterocycles. The largest absolute Gasteiger partial charge is 0.494 e. The molecule has 3 aromatic carbocycles. The van der Waals surface area contributed by atoms with Crippen LogP contribution in [-0.2, 0) is 6.54 Å². The first-order valence-electron chi connectivity index (χ1n) is 11.8. The Kier molecular flexibility index (Phi) is 5.78. The lowest BCUT2D eigenvalue weighted by Crippen LogP contribution is -2.51. The summed E-state index contributed by atoms with van der Waals surface area (Å²) in [6, 6.07) is 15.7. The number of carbonyl (C=O) groups is 1. The summed E-state index contributed by atoms with van der Waals surface area (Å²) in [5, 5.41) is 7.95. The number of amides is 1. The van der Waals surface area contributed by atoms with Crippen molar-refractivity contribution in [3.63, 3.8) is 0 Å². The van der Waals surface area contributed by atoms with Crippen LogP contribution in [0.2, 0.25) is 0 Å². The summed E-state index contributed by atoms with van der Waals surface area (Å²) in [4.78, 5) is 23.3. The van der Waals surface area contributed by atoms with Gasteiger partial charge in [-0.2, -0.15) is 9.49 Å². The molecule has 3 heterocycles. The number of nitrogens with one attached hydrogen (secondary N) is 1. The molecule has 6 rings (SSSR count). The standard InChI is InChI=1S/C27H20F3N7O2/c1-39-18-11-10-15(22(29)23(18)30)24-21-25(31)32-13-33-26(21)36(35-24)12-19-34-17-9-5-8-16(28)20(17)27(38)37(19)14-6-3-2-4-7-14/h2-11,13,19,34H,12H2,1H3,(H2,31,32,33). The summed E-state index contributed by atoms with van der Waals surface area (Å²) < 4.78 is 50.7. The van der Waals surface area contributed by atoms with E-state index >= 15 is 4.39 Å². The minimum Gasteiger partial charge on any atom is -0.494 e. The molecule has 0 saturated carbocycles. The first-order chi connectivity index (χ1) is 18.9. The molecule has 5 aromatic rings. The van der Waals surface area contributed by atoms with Crippen LogP contribution < -0.4 is 20.7 Å². The molecule has 0 saturated heterocycles. The Labute approximate surface area is 219 Å². The number of nitrogen functional groups attached to an aromatic ring is 1. The second kappa shape index (κ2) is 9.31. The molecule has 9 nitrogen and oxygen atoms in total. The predicted molar refractivity (Wildman–Crippen MR) is 139 cm³/mol. The molecule has 12 heteroatoms. The number of fused-ring (bicyclic) bond motifs is 2. The molecule has 39 heavy (non-hydrogen) atoms. The van der Waals surface area contributed by atoms with Crippen LogP contribution in [0.15, 0.2) is 67.0 Å². The molecule has 1 aliphatic heterocycles. The van der Waals surface area contributed by atoms with Crippen LogP contribution >= 0.6 is 0 Å². The van der Waals surface area contributed by atoms with E-state index in [1.165, 1.54) is 47.3 Å². The Morgan fingerprint density at radius 2 is 1.79 bits per heavy atom. The molecule has 1 amide bonds. The number of aromatic nitrogens is 4. The summed E-state index contributed by atoms with van der Waals surface area (Å²) in [5.41, 5.74) is 6.96. The maximum absolute atomic E-state index is 15.1. The normalized spacial score (nSPS) is 14.8. The first kappa shape index (κ1) is 24.2. The summed E-state index contributed by atoms with van der Waals surface area (Å²) in [6.07, 6.45) is 0.461. The SMILES string of the molecule is COc1ccc(-c2nn(CC3Nc4cccc(F)c4C(=O)N3c3ccccc3)c3ncnc(N)c23)c(F)c1F. The van der Waals surface area contributed by atoms with E-state index in [1.807, 2.05) is 0 Å². The van der Waals surface area contributed by atoms with Crippen molar-refractivity contribution < 1.29 is 22.7 Å². The number of hydrogen-bond donors (Lipinski definition) is 2. The van der Waals surface area contributed by atoms with Crippen molar-refractivity contribution in [1.29, 1.82) is 0 Å². The zero-order chi connectivity index (χ0) is 27.3. The Balaban J connectivity index is 1.50. The Morgan fingerprint density at radius 3 is 2.56 bits per heavy atom. The molecule has 0 fully saturated rings. The third kappa shape index (κ3) is 3.88. The van der Waals surface area contributed by atoms with Gasteiger partial charge in [-0.1, -0.05) is 24.3 Å². The van der Waals surface area contributed by atoms with Gasteiger partial charge in [0.05, 0.1) is 30.3 Å². The van der Waals surface area contributed by atoms with Crippen LogP contribution in [0.3, 0.4) is 0 Å². The van der Waals surface area contributed by atoms with Crippen molar-refractivity contribution in [1.82, 2.24) is 19.7 Å². The van der Waals surface area contributed by atoms with E-state index in [1.54, 1.807) is 36.4 Å². The van der Waals surface area contributed by atoms with Gasteiger partial charge in [-0.3, -0.25) is 9.69 Å². The highest BCUT2D eigenvalue weighted by Crippen LogP contribution is 2.36. The van der Waals surface area contributed by atoms with Crippen molar-refractivity contribution in [2.75, 3.05) is 23.1 Å². The molecule has 0 bridgehead atoms. The van der Waals surface area contributed by atoms with Gasteiger partial charge >= 0.3 is 0 Å². The zero-order valence-corrected chi connectivity index (χ0v) is 20.4. The number of hydrogen-bond acceptors (Lipinski definition) is 7. The van der Waals surface area contributed by atoms with Gasteiger partial charge in [-0.25, -0.2) is 23.4 Å². The van der Waals surface area contributed by atoms with E-state index in [0.717, 1.165) is 0 Å². The molecule has 3 N–H and O–H groups in total. The van der Waals surface area contributed by atoms with E-state index in [2.05, 4.69) is 20.4 Å². The Bertz CT molecular complexity index is 1740. The fourth-order valence-corrected chi connectivity index (χ4v) is 4.76. The van der Waals surface area contributed by atoms with E-state index in [4.69, 9.17) is 10.5 Å². The van der Waals surface area contributed by atoms with Crippen molar-refractivity contribution in [3.8, 4) is 17.0 Å². The number of para-hydroxylation sites is 1. The third-order valence-electron chi connectivity index (χ3n) is 6.54. The van der Waals surface area contributed by atoms with Crippen molar-refractivity contribution >= 4 is 34.1 Å². The molecular weight excluding hydrogens is 511 g/mol. The van der Waals surface area contributed by atoms with Crippen LogP contribution in [0, 0.1) is 17.5 Å². The van der Waals surface area contributed by atoms with E-state index in [-0.39, 0.29) is 46.0 Å². The lowest BCUT2D eigenvalue weighted by Gasteiger charge is -2.38. The maximum atomic E-state index is 15.1. The summed E-state index contributed by atoms with van der Waals surface area (Å²) in [6.45, 7) is -0.0101. The Hall–Kier alpha value is -5.13. The van der Waals surface area contributed by atoms with Gasteiger partial charge in [0.25, 0.3) is 5.91 Å². The number of nitrogens with zero attached hydrogens (tertiary/aromatic N) is 5. The second-order valence-electron chi connectivity index (χ2n) is 8.76. The van der Waals surface area contributed by atoms with Gasteiger partial charge in [0.2, 0.25) is 5.82 Å². The molecule has 0 spiro atoms. The molecule has 1 aliphatic rings. The van der Waals surface area contributed by atoms with Crippen LogP contribution in [0.5, 0.6) is 5.75 Å². The van der Waals surface area contributed by atoms with Gasteiger partial charge in [0.15, 0.2) is 17.2 Å². The summed E-state index contributed by atoms with van der Waals surface area (Å²) in [7, 11) is 1.23. The zero-order valence-electron chi connectivity index (χ0n) is 20.4. The molecule has 1 atom stereocenters. The summed E-state index contributed by atoms with van der Waals surface area (Å²) in [5.74, 6) is -3.82. The number of methoxy groups -OCH3 is 1. The van der Waals surface area contributed by atoms with Crippen molar-refractivity contribution in [2.24, 2.45) is 0 Å². The van der Waals surface area contributed by atoms with Gasteiger partial charge in [-0.05, 0) is 36.4 Å². The fourth-order valence-electron chi connectivity index (χ4n) is 4.76. The van der Waals surface area contributed by atoms with Gasteiger partial charge in [0.1, 0.15) is 29.8 Å². The minimum atomic E-state index is -1.18. The van der Waals surface area contributed by atoms with Crippen LogP contribution in [-0.4, -0.2) is 38.9 Å². The number of anilines is 3. The van der Waals surface area contributed by atoms with Crippen molar-refractivity contribution in [2.45, 2.75) is 12.7 Å². The number of ether oxygens (including phenoxy) is 1. The maximum Gasteiger partial charge on any atom is 0.265 e. The van der Waals surface area contributed by atoms with Crippen LogP contribution in [0.25, 0.3) is 22.3 Å². The summed E-state index contributed by atoms with van der Waals surface area (Å²) >= 11 is 0. The highest BCUT2D eigenvalue weighted by molar-refractivity contribution is 6.12. The highest BCUT2D eigenvalue weighted by Gasteiger charge is 2.36. The minimum absolute atomic E-state index is 0.0101. The monoisotopic (exact) mass is 531 g/mol. The van der Waals surface area contributed by atoms with Crippen LogP contribution in [0.4, 0.5) is 30.4 Å². The van der Waals surface area contributed by atoms with Crippen molar-refractivity contribution in [3.05, 3.63) is 90.0 Å². The average molecular weight is 531 g/mol. The molecule has 0 aliphatic carbocycles. The topological polar surface area (TPSA) is 111 Å². The second-order valence-corrected chi connectivity index (χ2v) is 8.76. The van der Waals surface area contributed by atoms with Gasteiger partial charge < -0.3 is 15.8 Å². The molecule has 1 unspecified atom stereocenters. The van der Waals surface area contributed by atoms with Crippen LogP contribution in [0.1, 0.15) is 10.4 Å². The third-order valence-corrected chi connectivity index (χ3v) is 6.54. The number of nitrogens with two attached hydrogens (primary N) is 1. The van der Waals surface area contributed by atoms with Gasteiger partial charge in [-0.15, -0.1) is 0 Å². The number of benzene rings is 3. The lowest BCUT2D eigenvalue weighted by atomic mass is 10.1. The predicted octanol–water partition coefficient (Wildman–Crippen LogP) is 4.60. The number of carbonyl (C=O) groups excluding carboxylic acids is 1. The Morgan fingerprint density at radius 1 is 1.00 bits per heavy atom.